The molecule has 1 atom stereocenters. The number of rotatable bonds is 2. The van der Waals surface area contributed by atoms with E-state index in [0.717, 1.165) is 56.4 Å². The first-order valence-electron chi connectivity index (χ1n) is 6.70. The second-order valence-electron chi connectivity index (χ2n) is 5.03. The standard InChI is InChI=1S/C13H18N2O3/c16-13(14-9-4-3-7-17-8-9)12-10-5-1-2-6-11(10)15-18-12/h9H,1-8H2,(H,14,16)/t9-/m1/s1. The van der Waals surface area contributed by atoms with Gasteiger partial charge in [0, 0.05) is 12.2 Å². The van der Waals surface area contributed by atoms with Crippen molar-refractivity contribution in [3.63, 3.8) is 0 Å². The number of carbonyl (C=O) groups is 1. The van der Waals surface area contributed by atoms with Crippen molar-refractivity contribution in [1.82, 2.24) is 10.5 Å². The van der Waals surface area contributed by atoms with E-state index in [1.807, 2.05) is 0 Å². The topological polar surface area (TPSA) is 64.4 Å². The minimum atomic E-state index is -0.138. The molecule has 0 spiro atoms. The van der Waals surface area contributed by atoms with Crippen molar-refractivity contribution in [2.45, 2.75) is 44.6 Å². The number of ether oxygens (including phenoxy) is 1. The number of aryl methyl sites for hydroxylation is 1. The summed E-state index contributed by atoms with van der Waals surface area (Å²) in [5.74, 6) is 0.274. The van der Waals surface area contributed by atoms with Gasteiger partial charge in [-0.3, -0.25) is 4.79 Å². The van der Waals surface area contributed by atoms with Crippen LogP contribution in [0.5, 0.6) is 0 Å². The maximum atomic E-state index is 12.1. The lowest BCUT2D eigenvalue weighted by molar-refractivity contribution is 0.0607. The number of carbonyl (C=O) groups excluding carboxylic acids is 1. The van der Waals surface area contributed by atoms with E-state index in [-0.39, 0.29) is 11.9 Å². The van der Waals surface area contributed by atoms with E-state index in [4.69, 9.17) is 9.26 Å². The SMILES string of the molecule is O=C(N[C@@H]1CCCOC1)c1onc2c1CCCC2. The highest BCUT2D eigenvalue weighted by molar-refractivity contribution is 5.93. The summed E-state index contributed by atoms with van der Waals surface area (Å²) in [4.78, 5) is 12.1. The molecule has 2 aliphatic rings. The van der Waals surface area contributed by atoms with Crippen LogP contribution in [0.1, 0.15) is 47.5 Å². The quantitative estimate of drug-likeness (QED) is 0.863. The fraction of sp³-hybridized carbons (Fsp3) is 0.692. The third-order valence-corrected chi connectivity index (χ3v) is 3.66. The van der Waals surface area contributed by atoms with Gasteiger partial charge in [0.05, 0.1) is 18.3 Å². The van der Waals surface area contributed by atoms with Gasteiger partial charge in [-0.05, 0) is 38.5 Å². The van der Waals surface area contributed by atoms with Gasteiger partial charge < -0.3 is 14.6 Å². The van der Waals surface area contributed by atoms with Crippen LogP contribution in [0.3, 0.4) is 0 Å². The molecule has 1 amide bonds. The molecule has 0 aromatic carbocycles. The van der Waals surface area contributed by atoms with Crippen molar-refractivity contribution in [2.24, 2.45) is 0 Å². The van der Waals surface area contributed by atoms with Crippen molar-refractivity contribution in [3.05, 3.63) is 17.0 Å². The number of aromatic nitrogens is 1. The Balaban J connectivity index is 1.70. The molecule has 18 heavy (non-hydrogen) atoms. The summed E-state index contributed by atoms with van der Waals surface area (Å²) in [6.45, 7) is 1.39. The third kappa shape index (κ3) is 2.27. The van der Waals surface area contributed by atoms with Crippen LogP contribution in [0.2, 0.25) is 0 Å². The van der Waals surface area contributed by atoms with Gasteiger partial charge in [-0.2, -0.15) is 0 Å². The Bertz CT molecular complexity index is 435. The van der Waals surface area contributed by atoms with Crippen LogP contribution in [0.4, 0.5) is 0 Å². The largest absolute Gasteiger partial charge is 0.379 e. The highest BCUT2D eigenvalue weighted by Crippen LogP contribution is 2.24. The normalized spacial score (nSPS) is 23.4. The van der Waals surface area contributed by atoms with E-state index in [9.17, 15) is 4.79 Å². The predicted molar refractivity (Wildman–Crippen MR) is 64.5 cm³/mol. The Morgan fingerprint density at radius 1 is 1.28 bits per heavy atom. The number of nitrogens with one attached hydrogen (secondary N) is 1. The predicted octanol–water partition coefficient (Wildman–Crippen LogP) is 1.46. The van der Waals surface area contributed by atoms with Crippen molar-refractivity contribution in [3.8, 4) is 0 Å². The summed E-state index contributed by atoms with van der Waals surface area (Å²) < 4.78 is 10.6. The fourth-order valence-corrected chi connectivity index (χ4v) is 2.67. The molecule has 2 heterocycles. The molecule has 0 saturated carbocycles. The van der Waals surface area contributed by atoms with E-state index >= 15 is 0 Å². The minimum Gasteiger partial charge on any atom is -0.379 e. The molecular weight excluding hydrogens is 232 g/mol. The van der Waals surface area contributed by atoms with Crippen molar-refractivity contribution < 1.29 is 14.1 Å². The van der Waals surface area contributed by atoms with E-state index in [0.29, 0.717) is 12.4 Å². The van der Waals surface area contributed by atoms with Gasteiger partial charge in [0.2, 0.25) is 5.76 Å². The Hall–Kier alpha value is -1.36. The number of amides is 1. The van der Waals surface area contributed by atoms with Crippen LogP contribution in [0.15, 0.2) is 4.52 Å². The van der Waals surface area contributed by atoms with Crippen molar-refractivity contribution >= 4 is 5.91 Å². The van der Waals surface area contributed by atoms with Crippen molar-refractivity contribution in [2.75, 3.05) is 13.2 Å². The Morgan fingerprint density at radius 2 is 2.17 bits per heavy atom. The summed E-state index contributed by atoms with van der Waals surface area (Å²) in [5, 5.41) is 6.98. The molecule has 0 radical (unpaired) electrons. The molecule has 0 bridgehead atoms. The number of nitrogens with zero attached hydrogens (tertiary/aromatic N) is 1. The average Bonchev–Trinajstić information content (AvgIpc) is 2.84. The van der Waals surface area contributed by atoms with Crippen LogP contribution in [0, 0.1) is 0 Å². The Labute approximate surface area is 106 Å². The first-order valence-corrected chi connectivity index (χ1v) is 6.70. The lowest BCUT2D eigenvalue weighted by Gasteiger charge is -2.22. The number of fused-ring (bicyclic) bond motifs is 1. The molecule has 5 heteroatoms. The monoisotopic (exact) mass is 250 g/mol. The van der Waals surface area contributed by atoms with E-state index in [2.05, 4.69) is 10.5 Å². The molecule has 98 valence electrons. The van der Waals surface area contributed by atoms with Crippen molar-refractivity contribution in [1.29, 1.82) is 0 Å². The zero-order valence-corrected chi connectivity index (χ0v) is 10.4. The van der Waals surface area contributed by atoms with Gasteiger partial charge in [0.25, 0.3) is 5.91 Å². The lowest BCUT2D eigenvalue weighted by atomic mass is 9.96. The molecule has 1 fully saturated rings. The van der Waals surface area contributed by atoms with E-state index in [1.54, 1.807) is 0 Å². The van der Waals surface area contributed by atoms with Crippen LogP contribution in [-0.2, 0) is 17.6 Å². The summed E-state index contributed by atoms with van der Waals surface area (Å²) in [7, 11) is 0. The molecule has 0 unspecified atom stereocenters. The Morgan fingerprint density at radius 3 is 3.00 bits per heavy atom. The maximum Gasteiger partial charge on any atom is 0.290 e. The first kappa shape index (κ1) is 11.7. The van der Waals surface area contributed by atoms with Gasteiger partial charge in [0.1, 0.15) is 0 Å². The van der Waals surface area contributed by atoms with Gasteiger partial charge in [0.15, 0.2) is 0 Å². The highest BCUT2D eigenvalue weighted by Gasteiger charge is 2.26. The molecular formula is C13H18N2O3. The zero-order valence-electron chi connectivity index (χ0n) is 10.4. The van der Waals surface area contributed by atoms with E-state index in [1.165, 1.54) is 0 Å². The van der Waals surface area contributed by atoms with Crippen LogP contribution < -0.4 is 5.32 Å². The summed E-state index contributed by atoms with van der Waals surface area (Å²) >= 11 is 0. The first-order chi connectivity index (χ1) is 8.84. The molecule has 1 aromatic heterocycles. The molecule has 1 N–H and O–H groups in total. The lowest BCUT2D eigenvalue weighted by Crippen LogP contribution is -2.40. The average molecular weight is 250 g/mol. The maximum absolute atomic E-state index is 12.1. The number of hydrogen-bond donors (Lipinski definition) is 1. The summed E-state index contributed by atoms with van der Waals surface area (Å²) in [6.07, 6.45) is 6.06. The van der Waals surface area contributed by atoms with Gasteiger partial charge in [-0.25, -0.2) is 0 Å². The molecule has 5 nitrogen and oxygen atoms in total. The summed E-state index contributed by atoms with van der Waals surface area (Å²) in [5.41, 5.74) is 1.97. The second kappa shape index (κ2) is 5.10. The highest BCUT2D eigenvalue weighted by atomic mass is 16.5. The number of hydrogen-bond acceptors (Lipinski definition) is 4. The van der Waals surface area contributed by atoms with Crippen LogP contribution >= 0.6 is 0 Å². The van der Waals surface area contributed by atoms with Gasteiger partial charge in [-0.15, -0.1) is 0 Å². The van der Waals surface area contributed by atoms with Gasteiger partial charge >= 0.3 is 0 Å². The Kier molecular flexibility index (Phi) is 3.32. The minimum absolute atomic E-state index is 0.107. The third-order valence-electron chi connectivity index (χ3n) is 3.66. The van der Waals surface area contributed by atoms with Gasteiger partial charge in [-0.1, -0.05) is 5.16 Å². The molecule has 1 aliphatic heterocycles. The van der Waals surface area contributed by atoms with Crippen LogP contribution in [0.25, 0.3) is 0 Å². The molecule has 1 saturated heterocycles. The second-order valence-corrected chi connectivity index (χ2v) is 5.03. The summed E-state index contributed by atoms with van der Waals surface area (Å²) in [6, 6.07) is 0.107. The molecule has 1 aromatic rings. The smallest absolute Gasteiger partial charge is 0.290 e. The zero-order chi connectivity index (χ0) is 12.4. The van der Waals surface area contributed by atoms with Crippen LogP contribution in [-0.4, -0.2) is 30.3 Å². The van der Waals surface area contributed by atoms with E-state index < -0.39 is 0 Å². The fourth-order valence-electron chi connectivity index (χ4n) is 2.67. The molecule has 1 aliphatic carbocycles. The molecule has 3 rings (SSSR count).